The van der Waals surface area contributed by atoms with Crippen molar-refractivity contribution in [3.05, 3.63) is 0 Å². The molecule has 0 aliphatic carbocycles. The molecular formula is C12H7F17O2. The highest BCUT2D eigenvalue weighted by molar-refractivity contribution is 5.66. The highest BCUT2D eigenvalue weighted by Gasteiger charge is 2.93. The van der Waals surface area contributed by atoms with Crippen molar-refractivity contribution in [3.8, 4) is 0 Å². The molecule has 0 fully saturated rings. The number of hydrogen-bond acceptors (Lipinski definition) is 2. The van der Waals surface area contributed by atoms with Crippen LogP contribution in [0.5, 0.6) is 0 Å². The van der Waals surface area contributed by atoms with E-state index >= 15 is 0 Å². The smallest absolute Gasteiger partial charge is 0.401 e. The van der Waals surface area contributed by atoms with Crippen molar-refractivity contribution < 1.29 is 84.2 Å². The molecule has 0 spiro atoms. The number of carbonyl (C=O) groups is 1. The first-order valence-corrected chi connectivity index (χ1v) is 6.96. The average molecular weight is 506 g/mol. The Hall–Kier alpha value is -1.72. The number of carbonyl (C=O) groups excluding carboxylic acids is 1. The number of alkyl halides is 17. The summed E-state index contributed by atoms with van der Waals surface area (Å²) >= 11 is 0. The van der Waals surface area contributed by atoms with Crippen LogP contribution in [0.25, 0.3) is 0 Å². The third-order valence-electron chi connectivity index (χ3n) is 3.38. The van der Waals surface area contributed by atoms with Crippen molar-refractivity contribution in [2.75, 3.05) is 6.67 Å². The topological polar surface area (TPSA) is 26.3 Å². The molecule has 0 heterocycles. The summed E-state index contributed by atoms with van der Waals surface area (Å²) in [7, 11) is 0. The molecule has 0 radical (unpaired) electrons. The van der Waals surface area contributed by atoms with Crippen LogP contribution in [-0.4, -0.2) is 60.2 Å². The Labute approximate surface area is 159 Å². The quantitative estimate of drug-likeness (QED) is 0.271. The third kappa shape index (κ3) is 4.45. The second kappa shape index (κ2) is 7.70. The van der Waals surface area contributed by atoms with Crippen molar-refractivity contribution in [3.63, 3.8) is 0 Å². The molecule has 0 aromatic rings. The van der Waals surface area contributed by atoms with E-state index in [0.29, 0.717) is 0 Å². The zero-order chi connectivity index (χ0) is 25.7. The summed E-state index contributed by atoms with van der Waals surface area (Å²) < 4.78 is 224. The summed E-state index contributed by atoms with van der Waals surface area (Å²) in [6.45, 7) is -3.88. The number of ether oxygens (including phenoxy) is 1. The first kappa shape index (κ1) is 29.3. The van der Waals surface area contributed by atoms with E-state index in [1.165, 1.54) is 0 Å². The zero-order valence-electron chi connectivity index (χ0n) is 14.2. The van der Waals surface area contributed by atoms with E-state index in [-0.39, 0.29) is 6.92 Å². The van der Waals surface area contributed by atoms with Crippen molar-refractivity contribution in [1.82, 2.24) is 0 Å². The van der Waals surface area contributed by atoms with Crippen LogP contribution in [0.1, 0.15) is 13.3 Å². The van der Waals surface area contributed by atoms with Crippen LogP contribution in [0.3, 0.4) is 0 Å². The number of hydrogen-bond donors (Lipinski definition) is 0. The lowest BCUT2D eigenvalue weighted by atomic mass is 9.88. The first-order valence-electron chi connectivity index (χ1n) is 6.96. The maximum atomic E-state index is 13.3. The Morgan fingerprint density at radius 2 is 0.871 bits per heavy atom. The average Bonchev–Trinajstić information content (AvgIpc) is 2.51. The van der Waals surface area contributed by atoms with E-state index in [1.54, 1.807) is 0 Å². The van der Waals surface area contributed by atoms with Gasteiger partial charge in [0.05, 0.1) is 0 Å². The Balaban J connectivity index is 6.51. The van der Waals surface area contributed by atoms with Gasteiger partial charge in [0, 0.05) is 6.92 Å². The van der Waals surface area contributed by atoms with Crippen LogP contribution >= 0.6 is 0 Å². The molecule has 0 atom stereocenters. The molecule has 31 heavy (non-hydrogen) atoms. The summed E-state index contributed by atoms with van der Waals surface area (Å²) in [5, 5.41) is 0. The van der Waals surface area contributed by atoms with Gasteiger partial charge in [-0.25, -0.2) is 4.39 Å². The van der Waals surface area contributed by atoms with Crippen molar-refractivity contribution in [2.45, 2.75) is 60.9 Å². The third-order valence-corrected chi connectivity index (χ3v) is 3.38. The highest BCUT2D eigenvalue weighted by atomic mass is 19.4. The van der Waals surface area contributed by atoms with Gasteiger partial charge in [-0.3, -0.25) is 4.79 Å². The van der Waals surface area contributed by atoms with E-state index in [9.17, 15) is 79.4 Å². The Morgan fingerprint density at radius 1 is 0.581 bits per heavy atom. The Bertz CT molecular complexity index is 668. The lowest BCUT2D eigenvalue weighted by molar-refractivity contribution is -0.445. The van der Waals surface area contributed by atoms with Crippen molar-refractivity contribution in [2.24, 2.45) is 0 Å². The van der Waals surface area contributed by atoms with Gasteiger partial charge in [0.15, 0.2) is 6.67 Å². The van der Waals surface area contributed by atoms with E-state index in [0.717, 1.165) is 0 Å². The maximum absolute atomic E-state index is 13.3. The Morgan fingerprint density at radius 3 is 1.16 bits per heavy atom. The van der Waals surface area contributed by atoms with Gasteiger partial charge in [-0.05, 0) is 0 Å². The molecule has 0 saturated carbocycles. The van der Waals surface area contributed by atoms with Gasteiger partial charge in [0.25, 0.3) is 0 Å². The number of rotatable bonds is 10. The van der Waals surface area contributed by atoms with E-state index in [2.05, 4.69) is 4.74 Å². The van der Waals surface area contributed by atoms with Crippen LogP contribution in [0, 0.1) is 0 Å². The van der Waals surface area contributed by atoms with Crippen LogP contribution in [0.2, 0.25) is 0 Å². The largest absolute Gasteiger partial charge is 0.405 e. The normalized spacial score (nSPS) is 15.8. The summed E-state index contributed by atoms with van der Waals surface area (Å²) in [6.07, 6.45) is -9.86. The SMILES string of the molecule is CC(=O)OC(F)(F)CC(F)(F)C(F)(F)C(F)(F)C(F)(F)C(F)(F)C(F)(F)C(F)(F)CF. The predicted octanol–water partition coefficient (Wildman–Crippen LogP) is 5.95. The second-order valence-corrected chi connectivity index (χ2v) is 5.82. The minimum Gasteiger partial charge on any atom is -0.401 e. The van der Waals surface area contributed by atoms with Crippen LogP contribution < -0.4 is 0 Å². The van der Waals surface area contributed by atoms with Gasteiger partial charge in [-0.2, -0.15) is 70.2 Å². The Kier molecular flexibility index (Phi) is 7.27. The zero-order valence-corrected chi connectivity index (χ0v) is 14.2. The molecule has 0 aromatic heterocycles. The lowest BCUT2D eigenvalue weighted by Gasteiger charge is -2.42. The molecule has 186 valence electrons. The molecular weight excluding hydrogens is 499 g/mol. The molecule has 0 aromatic carbocycles. The van der Waals surface area contributed by atoms with Gasteiger partial charge >= 0.3 is 53.5 Å². The highest BCUT2D eigenvalue weighted by Crippen LogP contribution is 2.63. The second-order valence-electron chi connectivity index (χ2n) is 5.82. The summed E-state index contributed by atoms with van der Waals surface area (Å²) in [5.74, 6) is -57.5. The van der Waals surface area contributed by atoms with Crippen molar-refractivity contribution >= 4 is 5.97 Å². The number of esters is 1. The molecule has 0 aliphatic heterocycles. The maximum Gasteiger partial charge on any atom is 0.405 e. The summed E-state index contributed by atoms with van der Waals surface area (Å²) in [6, 6.07) is 0. The predicted molar refractivity (Wildman–Crippen MR) is 61.9 cm³/mol. The molecule has 0 N–H and O–H groups in total. The first-order chi connectivity index (χ1) is 13.2. The molecule has 0 saturated heterocycles. The van der Waals surface area contributed by atoms with Gasteiger partial charge in [0.2, 0.25) is 0 Å². The van der Waals surface area contributed by atoms with Crippen molar-refractivity contribution in [1.29, 1.82) is 0 Å². The summed E-state index contributed by atoms with van der Waals surface area (Å²) in [4.78, 5) is 10.2. The van der Waals surface area contributed by atoms with E-state index < -0.39 is 66.6 Å². The molecule has 0 unspecified atom stereocenters. The van der Waals surface area contributed by atoms with Gasteiger partial charge < -0.3 is 4.74 Å². The minimum absolute atomic E-state index is 0.0423. The molecule has 0 rings (SSSR count). The van der Waals surface area contributed by atoms with Crippen LogP contribution in [0.15, 0.2) is 0 Å². The lowest BCUT2D eigenvalue weighted by Crippen LogP contribution is -2.73. The van der Waals surface area contributed by atoms with Gasteiger partial charge in [0.1, 0.15) is 6.42 Å². The van der Waals surface area contributed by atoms with Gasteiger partial charge in [-0.15, -0.1) is 0 Å². The minimum atomic E-state index is -8.51. The van der Waals surface area contributed by atoms with E-state index in [1.807, 2.05) is 0 Å². The van der Waals surface area contributed by atoms with Crippen LogP contribution in [-0.2, 0) is 9.53 Å². The van der Waals surface area contributed by atoms with E-state index in [4.69, 9.17) is 0 Å². The number of halogens is 17. The fourth-order valence-corrected chi connectivity index (χ4v) is 1.75. The fourth-order valence-electron chi connectivity index (χ4n) is 1.75. The molecule has 0 aliphatic rings. The fraction of sp³-hybridized carbons (Fsp3) is 0.917. The van der Waals surface area contributed by atoms with Crippen LogP contribution in [0.4, 0.5) is 74.6 Å². The van der Waals surface area contributed by atoms with Gasteiger partial charge in [-0.1, -0.05) is 0 Å². The molecule has 2 nitrogen and oxygen atoms in total. The monoisotopic (exact) mass is 506 g/mol. The molecule has 0 bridgehead atoms. The molecule has 19 heteroatoms. The standard InChI is InChI=1S/C12H7F17O2/c1-4(30)31-7(18,19)2-5(14,15)8(20,21)10(24,25)12(28,29)11(26,27)9(22,23)6(16,17)3-13/h2-3H2,1H3. The summed E-state index contributed by atoms with van der Waals surface area (Å²) in [5.41, 5.74) is 0. The molecule has 0 amide bonds.